The van der Waals surface area contributed by atoms with Gasteiger partial charge in [0, 0.05) is 6.20 Å². The number of amides is 1. The Bertz CT molecular complexity index is 872. The predicted octanol–water partition coefficient (Wildman–Crippen LogP) is 1.12. The van der Waals surface area contributed by atoms with Crippen LogP contribution in [0.1, 0.15) is 0 Å². The van der Waals surface area contributed by atoms with Crippen molar-refractivity contribution in [1.82, 2.24) is 24.8 Å². The first-order chi connectivity index (χ1) is 11.1. The molecule has 3 aromatic rings. The maximum absolute atomic E-state index is 12.2. The van der Waals surface area contributed by atoms with Gasteiger partial charge in [-0.25, -0.2) is 9.78 Å². The molecule has 1 aromatic carbocycles. The average molecular weight is 331 g/mol. The normalized spacial score (nSPS) is 10.5. The van der Waals surface area contributed by atoms with Gasteiger partial charge in [0.25, 0.3) is 0 Å². The molecule has 0 aliphatic heterocycles. The summed E-state index contributed by atoms with van der Waals surface area (Å²) in [6.07, 6.45) is 1.41. The van der Waals surface area contributed by atoms with Gasteiger partial charge in [-0.15, -0.1) is 0 Å². The number of nitrogens with zero attached hydrogens (tertiary/aromatic N) is 5. The van der Waals surface area contributed by atoms with Crippen molar-refractivity contribution in [2.75, 3.05) is 5.32 Å². The summed E-state index contributed by atoms with van der Waals surface area (Å²) >= 11 is 5.72. The van der Waals surface area contributed by atoms with Crippen molar-refractivity contribution in [2.45, 2.75) is 6.54 Å². The van der Waals surface area contributed by atoms with Gasteiger partial charge >= 0.3 is 5.69 Å². The Morgan fingerprint density at radius 2 is 1.91 bits per heavy atom. The molecular formula is C14H11ClN6O2. The number of rotatable bonds is 4. The molecule has 0 saturated heterocycles. The second kappa shape index (κ2) is 6.41. The number of nitrogens with one attached hydrogen (secondary N) is 1. The smallest absolute Gasteiger partial charge is 0.309 e. The Morgan fingerprint density at radius 1 is 1.13 bits per heavy atom. The highest BCUT2D eigenvalue weighted by Crippen LogP contribution is 2.09. The molecule has 116 valence electrons. The topological polar surface area (TPSA) is 94.7 Å². The quantitative estimate of drug-likeness (QED) is 0.773. The molecule has 23 heavy (non-hydrogen) atoms. The van der Waals surface area contributed by atoms with Crippen LogP contribution in [0.2, 0.25) is 5.02 Å². The lowest BCUT2D eigenvalue weighted by molar-refractivity contribution is -0.117. The standard InChI is InChI=1S/C14H11ClN6O2/c15-10-6-7-12(16-8-10)17-13(22)9-20-14(23)21(19-18-20)11-4-2-1-3-5-11/h1-8H,9H2,(H,16,17,22). The van der Waals surface area contributed by atoms with Gasteiger partial charge in [0.05, 0.1) is 10.7 Å². The molecule has 0 fully saturated rings. The molecule has 1 amide bonds. The van der Waals surface area contributed by atoms with Crippen molar-refractivity contribution in [3.63, 3.8) is 0 Å². The van der Waals surface area contributed by atoms with Crippen LogP contribution in [0.3, 0.4) is 0 Å². The average Bonchev–Trinajstić information content (AvgIpc) is 2.91. The molecule has 8 nitrogen and oxygen atoms in total. The predicted molar refractivity (Wildman–Crippen MR) is 83.5 cm³/mol. The summed E-state index contributed by atoms with van der Waals surface area (Å²) in [4.78, 5) is 28.1. The third-order valence-corrected chi connectivity index (χ3v) is 3.15. The highest BCUT2D eigenvalue weighted by Gasteiger charge is 2.12. The number of pyridine rings is 1. The molecular weight excluding hydrogens is 320 g/mol. The lowest BCUT2D eigenvalue weighted by Gasteiger charge is -2.03. The van der Waals surface area contributed by atoms with Crippen molar-refractivity contribution < 1.29 is 4.79 Å². The van der Waals surface area contributed by atoms with Crippen LogP contribution in [0.4, 0.5) is 5.82 Å². The fraction of sp³-hybridized carbons (Fsp3) is 0.0714. The molecule has 0 aliphatic rings. The number of aromatic nitrogens is 5. The highest BCUT2D eigenvalue weighted by molar-refractivity contribution is 6.30. The van der Waals surface area contributed by atoms with E-state index >= 15 is 0 Å². The molecule has 0 radical (unpaired) electrons. The molecule has 1 N–H and O–H groups in total. The number of anilines is 1. The van der Waals surface area contributed by atoms with E-state index in [1.54, 1.807) is 36.4 Å². The molecule has 2 aromatic heterocycles. The Kier molecular flexibility index (Phi) is 4.15. The van der Waals surface area contributed by atoms with Crippen LogP contribution in [-0.2, 0) is 11.3 Å². The van der Waals surface area contributed by atoms with Gasteiger partial charge in [0.15, 0.2) is 0 Å². The number of carbonyl (C=O) groups is 1. The van der Waals surface area contributed by atoms with Crippen molar-refractivity contribution >= 4 is 23.3 Å². The van der Waals surface area contributed by atoms with Crippen molar-refractivity contribution in [3.8, 4) is 5.69 Å². The third-order valence-electron chi connectivity index (χ3n) is 2.93. The van der Waals surface area contributed by atoms with E-state index in [9.17, 15) is 9.59 Å². The van der Waals surface area contributed by atoms with Gasteiger partial charge in [-0.3, -0.25) is 4.79 Å². The third kappa shape index (κ3) is 3.43. The van der Waals surface area contributed by atoms with E-state index in [-0.39, 0.29) is 6.54 Å². The molecule has 0 saturated carbocycles. The molecule has 0 atom stereocenters. The number of carbonyl (C=O) groups excluding carboxylic acids is 1. The zero-order chi connectivity index (χ0) is 16.2. The van der Waals surface area contributed by atoms with Gasteiger partial charge < -0.3 is 5.32 Å². The van der Waals surface area contributed by atoms with Gasteiger partial charge in [0.2, 0.25) is 5.91 Å². The zero-order valence-electron chi connectivity index (χ0n) is 11.8. The maximum Gasteiger partial charge on any atom is 0.368 e. The van der Waals surface area contributed by atoms with Crippen LogP contribution in [0.25, 0.3) is 5.69 Å². The van der Waals surface area contributed by atoms with E-state index in [0.717, 1.165) is 9.36 Å². The SMILES string of the molecule is O=C(Cn1nnn(-c2ccccc2)c1=O)Nc1ccc(Cl)cn1. The lowest BCUT2D eigenvalue weighted by Crippen LogP contribution is -2.29. The largest absolute Gasteiger partial charge is 0.368 e. The molecule has 0 aliphatic carbocycles. The molecule has 3 rings (SSSR count). The van der Waals surface area contributed by atoms with Gasteiger partial charge in [-0.2, -0.15) is 9.36 Å². The summed E-state index contributed by atoms with van der Waals surface area (Å²) < 4.78 is 2.09. The van der Waals surface area contributed by atoms with Crippen LogP contribution in [0, 0.1) is 0 Å². The number of tetrazole rings is 1. The van der Waals surface area contributed by atoms with Crippen LogP contribution >= 0.6 is 11.6 Å². The van der Waals surface area contributed by atoms with Crippen LogP contribution in [0.5, 0.6) is 0 Å². The van der Waals surface area contributed by atoms with Crippen LogP contribution in [-0.4, -0.2) is 30.7 Å². The minimum atomic E-state index is -0.504. The summed E-state index contributed by atoms with van der Waals surface area (Å²) in [7, 11) is 0. The minimum Gasteiger partial charge on any atom is -0.309 e. The molecule has 2 heterocycles. The fourth-order valence-electron chi connectivity index (χ4n) is 1.87. The maximum atomic E-state index is 12.2. The number of para-hydroxylation sites is 1. The van der Waals surface area contributed by atoms with E-state index in [2.05, 4.69) is 20.7 Å². The second-order valence-electron chi connectivity index (χ2n) is 4.58. The monoisotopic (exact) mass is 330 g/mol. The zero-order valence-corrected chi connectivity index (χ0v) is 12.5. The first-order valence-electron chi connectivity index (χ1n) is 6.63. The summed E-state index contributed by atoms with van der Waals surface area (Å²) in [6, 6.07) is 12.0. The fourth-order valence-corrected chi connectivity index (χ4v) is 1.98. The summed E-state index contributed by atoms with van der Waals surface area (Å²) in [6.45, 7) is -0.268. The van der Waals surface area contributed by atoms with E-state index in [4.69, 9.17) is 11.6 Å². The van der Waals surface area contributed by atoms with Crippen LogP contribution < -0.4 is 11.0 Å². The van der Waals surface area contributed by atoms with Crippen molar-refractivity contribution in [1.29, 1.82) is 0 Å². The van der Waals surface area contributed by atoms with E-state index in [1.807, 2.05) is 6.07 Å². The van der Waals surface area contributed by atoms with Crippen molar-refractivity contribution in [3.05, 3.63) is 64.2 Å². The summed E-state index contributed by atoms with van der Waals surface area (Å²) in [5.74, 6) is -0.107. The van der Waals surface area contributed by atoms with Gasteiger partial charge in [-0.1, -0.05) is 29.8 Å². The Morgan fingerprint density at radius 3 is 2.61 bits per heavy atom. The molecule has 0 unspecified atom stereocenters. The summed E-state index contributed by atoms with van der Waals surface area (Å²) in [5.41, 5.74) is 0.0685. The van der Waals surface area contributed by atoms with Crippen LogP contribution in [0.15, 0.2) is 53.5 Å². The van der Waals surface area contributed by atoms with E-state index in [1.165, 1.54) is 6.20 Å². The van der Waals surface area contributed by atoms with E-state index in [0.29, 0.717) is 16.5 Å². The molecule has 0 bridgehead atoms. The second-order valence-corrected chi connectivity index (χ2v) is 5.01. The van der Waals surface area contributed by atoms with E-state index < -0.39 is 11.6 Å². The lowest BCUT2D eigenvalue weighted by atomic mass is 10.3. The number of halogens is 1. The molecule has 9 heteroatoms. The summed E-state index contributed by atoms with van der Waals surface area (Å²) in [5, 5.41) is 10.5. The Balaban J connectivity index is 1.73. The van der Waals surface area contributed by atoms with Crippen molar-refractivity contribution in [2.24, 2.45) is 0 Å². The first-order valence-corrected chi connectivity index (χ1v) is 7.01. The van der Waals surface area contributed by atoms with Gasteiger partial charge in [-0.05, 0) is 34.7 Å². The van der Waals surface area contributed by atoms with Gasteiger partial charge in [0.1, 0.15) is 12.4 Å². The Labute approximate surface area is 135 Å². The highest BCUT2D eigenvalue weighted by atomic mass is 35.5. The number of hydrogen-bond donors (Lipinski definition) is 1. The number of hydrogen-bond acceptors (Lipinski definition) is 5. The minimum absolute atomic E-state index is 0.268. The Hall–Kier alpha value is -3.00. The first kappa shape index (κ1) is 14.9. The molecule has 0 spiro atoms. The number of benzene rings is 1.